The van der Waals surface area contributed by atoms with E-state index in [1.54, 1.807) is 6.92 Å². The van der Waals surface area contributed by atoms with Gasteiger partial charge in [-0.15, -0.1) is 0 Å². The van der Waals surface area contributed by atoms with Gasteiger partial charge in [-0.2, -0.15) is 0 Å². The van der Waals surface area contributed by atoms with Gasteiger partial charge in [-0.25, -0.2) is 9.18 Å². The van der Waals surface area contributed by atoms with E-state index in [1.165, 1.54) is 19.1 Å². The maximum Gasteiger partial charge on any atom is 0.328 e. The number of hydrogen-bond donors (Lipinski definition) is 1. The SMILES string of the molecule is CCOC(=O)C(C)NC(=O)c1cc(F)ccc1Br. The topological polar surface area (TPSA) is 55.4 Å². The highest BCUT2D eigenvalue weighted by Gasteiger charge is 2.19. The Morgan fingerprint density at radius 3 is 2.78 bits per heavy atom. The molecule has 0 saturated heterocycles. The second-order valence-electron chi connectivity index (χ2n) is 3.57. The summed E-state index contributed by atoms with van der Waals surface area (Å²) in [6.07, 6.45) is 0. The number of ether oxygens (including phenoxy) is 1. The van der Waals surface area contributed by atoms with Crippen molar-refractivity contribution in [2.75, 3.05) is 6.61 Å². The van der Waals surface area contributed by atoms with Crippen LogP contribution in [0.3, 0.4) is 0 Å². The molecule has 98 valence electrons. The van der Waals surface area contributed by atoms with Gasteiger partial charge in [0, 0.05) is 4.47 Å². The van der Waals surface area contributed by atoms with Crippen LogP contribution in [-0.2, 0) is 9.53 Å². The van der Waals surface area contributed by atoms with Gasteiger partial charge >= 0.3 is 5.97 Å². The lowest BCUT2D eigenvalue weighted by atomic mass is 10.2. The number of carbonyl (C=O) groups excluding carboxylic acids is 2. The van der Waals surface area contributed by atoms with Crippen LogP contribution in [0, 0.1) is 5.82 Å². The molecule has 0 aliphatic carbocycles. The van der Waals surface area contributed by atoms with Gasteiger partial charge in [0.2, 0.25) is 0 Å². The lowest BCUT2D eigenvalue weighted by molar-refractivity contribution is -0.144. The highest BCUT2D eigenvalue weighted by Crippen LogP contribution is 2.17. The minimum Gasteiger partial charge on any atom is -0.464 e. The van der Waals surface area contributed by atoms with E-state index in [0.717, 1.165) is 6.07 Å². The zero-order chi connectivity index (χ0) is 13.7. The van der Waals surface area contributed by atoms with E-state index >= 15 is 0 Å². The molecule has 6 heteroatoms. The van der Waals surface area contributed by atoms with Crippen LogP contribution < -0.4 is 5.32 Å². The average molecular weight is 318 g/mol. The van der Waals surface area contributed by atoms with Crippen LogP contribution in [0.1, 0.15) is 24.2 Å². The number of hydrogen-bond acceptors (Lipinski definition) is 3. The second-order valence-corrected chi connectivity index (χ2v) is 4.43. The van der Waals surface area contributed by atoms with Crippen molar-refractivity contribution in [1.82, 2.24) is 5.32 Å². The van der Waals surface area contributed by atoms with Crippen molar-refractivity contribution in [3.63, 3.8) is 0 Å². The van der Waals surface area contributed by atoms with Gasteiger partial charge in [-0.05, 0) is 48.0 Å². The quantitative estimate of drug-likeness (QED) is 0.867. The highest BCUT2D eigenvalue weighted by atomic mass is 79.9. The van der Waals surface area contributed by atoms with Crippen molar-refractivity contribution in [1.29, 1.82) is 0 Å². The number of benzene rings is 1. The minimum absolute atomic E-state index is 0.131. The molecule has 0 aliphatic heterocycles. The van der Waals surface area contributed by atoms with Crippen LogP contribution in [0.25, 0.3) is 0 Å². The molecule has 4 nitrogen and oxygen atoms in total. The van der Waals surface area contributed by atoms with Crippen LogP contribution in [0.4, 0.5) is 4.39 Å². The molecular formula is C12H13BrFNO3. The summed E-state index contributed by atoms with van der Waals surface area (Å²) in [6.45, 7) is 3.42. The molecule has 1 aromatic rings. The Hall–Kier alpha value is -1.43. The van der Waals surface area contributed by atoms with E-state index in [4.69, 9.17) is 4.74 Å². The lowest BCUT2D eigenvalue weighted by Crippen LogP contribution is -2.39. The van der Waals surface area contributed by atoms with Crippen molar-refractivity contribution in [2.24, 2.45) is 0 Å². The first-order valence-corrected chi connectivity index (χ1v) is 6.17. The van der Waals surface area contributed by atoms with Gasteiger partial charge in [0.05, 0.1) is 12.2 Å². The molecule has 18 heavy (non-hydrogen) atoms. The molecule has 1 rings (SSSR count). The Labute approximate surface area is 113 Å². The van der Waals surface area contributed by atoms with Crippen LogP contribution >= 0.6 is 15.9 Å². The number of nitrogens with one attached hydrogen (secondary N) is 1. The third-order valence-corrected chi connectivity index (χ3v) is 2.85. The summed E-state index contributed by atoms with van der Waals surface area (Å²) in [6, 6.07) is 2.97. The van der Waals surface area contributed by atoms with Crippen molar-refractivity contribution >= 4 is 27.8 Å². The third-order valence-electron chi connectivity index (χ3n) is 2.16. The molecule has 1 N–H and O–H groups in total. The van der Waals surface area contributed by atoms with Gasteiger partial charge in [-0.1, -0.05) is 0 Å². The normalized spacial score (nSPS) is 11.8. The Morgan fingerprint density at radius 1 is 1.50 bits per heavy atom. The molecule has 1 unspecified atom stereocenters. The molecule has 0 spiro atoms. The van der Waals surface area contributed by atoms with Crippen LogP contribution in [-0.4, -0.2) is 24.5 Å². The van der Waals surface area contributed by atoms with E-state index < -0.39 is 23.7 Å². The molecular weight excluding hydrogens is 305 g/mol. The van der Waals surface area contributed by atoms with Crippen LogP contribution in [0.15, 0.2) is 22.7 Å². The van der Waals surface area contributed by atoms with E-state index in [0.29, 0.717) is 4.47 Å². The number of carbonyl (C=O) groups is 2. The smallest absolute Gasteiger partial charge is 0.328 e. The molecule has 0 saturated carbocycles. The first-order valence-electron chi connectivity index (χ1n) is 5.38. The predicted molar refractivity (Wildman–Crippen MR) is 67.7 cm³/mol. The van der Waals surface area contributed by atoms with E-state index in [-0.39, 0.29) is 12.2 Å². The van der Waals surface area contributed by atoms with Crippen molar-refractivity contribution < 1.29 is 18.7 Å². The number of rotatable bonds is 4. The Kier molecular flexibility index (Phi) is 5.27. The molecule has 0 heterocycles. The largest absolute Gasteiger partial charge is 0.464 e. The Bertz CT molecular complexity index is 465. The molecule has 1 atom stereocenters. The van der Waals surface area contributed by atoms with Gasteiger partial charge < -0.3 is 10.1 Å². The van der Waals surface area contributed by atoms with Gasteiger partial charge in [0.25, 0.3) is 5.91 Å². The number of amides is 1. The summed E-state index contributed by atoms with van der Waals surface area (Å²) in [7, 11) is 0. The van der Waals surface area contributed by atoms with Crippen molar-refractivity contribution in [2.45, 2.75) is 19.9 Å². The van der Waals surface area contributed by atoms with Crippen molar-refractivity contribution in [3.8, 4) is 0 Å². The fourth-order valence-electron chi connectivity index (χ4n) is 1.27. The molecule has 0 fully saturated rings. The molecule has 0 radical (unpaired) electrons. The molecule has 0 bridgehead atoms. The summed E-state index contributed by atoms with van der Waals surface area (Å²) in [5.41, 5.74) is 0.131. The Balaban J connectivity index is 2.76. The predicted octanol–water partition coefficient (Wildman–Crippen LogP) is 2.27. The minimum atomic E-state index is -0.785. The fourth-order valence-corrected chi connectivity index (χ4v) is 1.70. The Morgan fingerprint density at radius 2 is 2.17 bits per heavy atom. The highest BCUT2D eigenvalue weighted by molar-refractivity contribution is 9.10. The van der Waals surface area contributed by atoms with Crippen LogP contribution in [0.2, 0.25) is 0 Å². The number of halogens is 2. The zero-order valence-corrected chi connectivity index (χ0v) is 11.6. The van der Waals surface area contributed by atoms with E-state index in [2.05, 4.69) is 21.2 Å². The number of esters is 1. The van der Waals surface area contributed by atoms with Gasteiger partial charge in [0.1, 0.15) is 11.9 Å². The van der Waals surface area contributed by atoms with Gasteiger partial charge in [0.15, 0.2) is 0 Å². The fraction of sp³-hybridized carbons (Fsp3) is 0.333. The zero-order valence-electron chi connectivity index (χ0n) is 10.00. The molecule has 1 amide bonds. The summed E-state index contributed by atoms with van der Waals surface area (Å²) >= 11 is 3.15. The summed E-state index contributed by atoms with van der Waals surface area (Å²) in [5, 5.41) is 2.44. The second kappa shape index (κ2) is 6.49. The van der Waals surface area contributed by atoms with Gasteiger partial charge in [-0.3, -0.25) is 4.79 Å². The van der Waals surface area contributed by atoms with E-state index in [1.807, 2.05) is 0 Å². The van der Waals surface area contributed by atoms with Crippen LogP contribution in [0.5, 0.6) is 0 Å². The molecule has 1 aromatic carbocycles. The van der Waals surface area contributed by atoms with E-state index in [9.17, 15) is 14.0 Å². The summed E-state index contributed by atoms with van der Waals surface area (Å²) < 4.78 is 18.2. The lowest BCUT2D eigenvalue weighted by Gasteiger charge is -2.13. The average Bonchev–Trinajstić information content (AvgIpc) is 2.32. The monoisotopic (exact) mass is 317 g/mol. The molecule has 0 aliphatic rings. The first kappa shape index (κ1) is 14.6. The summed E-state index contributed by atoms with van der Waals surface area (Å²) in [5.74, 6) is -1.59. The maximum absolute atomic E-state index is 13.0. The maximum atomic E-state index is 13.0. The third kappa shape index (κ3) is 3.80. The standard InChI is InChI=1S/C12H13BrFNO3/c1-3-18-12(17)7(2)15-11(16)9-6-8(14)4-5-10(9)13/h4-7H,3H2,1-2H3,(H,15,16). The molecule has 0 aromatic heterocycles. The first-order chi connectivity index (χ1) is 8.45. The van der Waals surface area contributed by atoms with Crippen molar-refractivity contribution in [3.05, 3.63) is 34.1 Å². The summed E-state index contributed by atoms with van der Waals surface area (Å²) in [4.78, 5) is 23.2.